The minimum absolute atomic E-state index is 0.496. The van der Waals surface area contributed by atoms with Gasteiger partial charge in [-0.05, 0) is 68.7 Å². The van der Waals surface area contributed by atoms with Gasteiger partial charge in [-0.3, -0.25) is 4.98 Å². The number of nitrogens with zero attached hydrogens (tertiary/aromatic N) is 1. The van der Waals surface area contributed by atoms with Crippen LogP contribution in [0.2, 0.25) is 0 Å². The van der Waals surface area contributed by atoms with Crippen LogP contribution in [0.25, 0.3) is 0 Å². The summed E-state index contributed by atoms with van der Waals surface area (Å²) in [6.07, 6.45) is 4.07. The highest BCUT2D eigenvalue weighted by Crippen LogP contribution is 2.40. The van der Waals surface area contributed by atoms with E-state index in [1.165, 1.54) is 24.8 Å². The summed E-state index contributed by atoms with van der Waals surface area (Å²) in [6.45, 7) is 12.3. The predicted molar refractivity (Wildman–Crippen MR) is 85.8 cm³/mol. The maximum absolute atomic E-state index is 4.52. The van der Waals surface area contributed by atoms with Crippen molar-refractivity contribution in [2.75, 3.05) is 6.54 Å². The number of rotatable bonds is 4. The molecule has 0 spiro atoms. The number of pyridine rings is 1. The van der Waals surface area contributed by atoms with Crippen LogP contribution in [0.1, 0.15) is 63.0 Å². The van der Waals surface area contributed by atoms with E-state index in [1.54, 1.807) is 0 Å². The van der Waals surface area contributed by atoms with Gasteiger partial charge in [0.2, 0.25) is 0 Å². The molecule has 1 fully saturated rings. The quantitative estimate of drug-likeness (QED) is 0.879. The van der Waals surface area contributed by atoms with Crippen molar-refractivity contribution in [3.8, 4) is 0 Å². The molecule has 0 bridgehead atoms. The fraction of sp³-hybridized carbons (Fsp3) is 0.722. The minimum atomic E-state index is 0.496. The second-order valence-electron chi connectivity index (χ2n) is 6.75. The maximum Gasteiger partial charge on any atom is 0.0379 e. The van der Waals surface area contributed by atoms with E-state index >= 15 is 0 Å². The summed E-state index contributed by atoms with van der Waals surface area (Å²) in [5, 5.41) is 3.73. The van der Waals surface area contributed by atoms with Gasteiger partial charge in [0, 0.05) is 17.4 Å². The number of aryl methyl sites for hydroxylation is 2. The van der Waals surface area contributed by atoms with Crippen LogP contribution >= 0.6 is 0 Å². The Bertz CT molecular complexity index is 421. The third kappa shape index (κ3) is 3.60. The Balaban J connectivity index is 2.22. The van der Waals surface area contributed by atoms with Gasteiger partial charge in [-0.25, -0.2) is 0 Å². The normalized spacial score (nSPS) is 28.4. The predicted octanol–water partition coefficient (Wildman–Crippen LogP) is 4.42. The lowest BCUT2D eigenvalue weighted by Gasteiger charge is -2.37. The number of aromatic nitrogens is 1. The second kappa shape index (κ2) is 6.71. The monoisotopic (exact) mass is 274 g/mol. The summed E-state index contributed by atoms with van der Waals surface area (Å²) in [7, 11) is 0. The van der Waals surface area contributed by atoms with Crippen LogP contribution in [0.3, 0.4) is 0 Å². The zero-order chi connectivity index (χ0) is 14.7. The van der Waals surface area contributed by atoms with Crippen LogP contribution in [-0.2, 0) is 0 Å². The summed E-state index contributed by atoms with van der Waals surface area (Å²) >= 11 is 0. The first-order chi connectivity index (χ1) is 9.51. The van der Waals surface area contributed by atoms with E-state index in [9.17, 15) is 0 Å². The van der Waals surface area contributed by atoms with Crippen molar-refractivity contribution in [2.24, 2.45) is 17.8 Å². The smallest absolute Gasteiger partial charge is 0.0379 e. The van der Waals surface area contributed by atoms with Crippen molar-refractivity contribution in [3.05, 3.63) is 29.1 Å². The summed E-state index contributed by atoms with van der Waals surface area (Å²) in [5.41, 5.74) is 3.71. The summed E-state index contributed by atoms with van der Waals surface area (Å²) in [4.78, 5) is 4.52. The third-order valence-corrected chi connectivity index (χ3v) is 5.00. The molecule has 0 amide bonds. The van der Waals surface area contributed by atoms with Gasteiger partial charge in [0.15, 0.2) is 0 Å². The van der Waals surface area contributed by atoms with E-state index in [1.807, 2.05) is 0 Å². The standard InChI is InChI=1S/C18H30N2/c1-6-19-18(16-8-7-12(2)13(3)9-16)17-10-14(4)20-15(5)11-17/h10-13,16,18-19H,6-9H2,1-5H3. The van der Waals surface area contributed by atoms with Gasteiger partial charge in [-0.15, -0.1) is 0 Å². The van der Waals surface area contributed by atoms with E-state index in [4.69, 9.17) is 0 Å². The first kappa shape index (κ1) is 15.5. The highest BCUT2D eigenvalue weighted by Gasteiger charge is 2.30. The molecule has 2 rings (SSSR count). The molecule has 0 saturated heterocycles. The largest absolute Gasteiger partial charge is 0.310 e. The van der Waals surface area contributed by atoms with E-state index < -0.39 is 0 Å². The van der Waals surface area contributed by atoms with Gasteiger partial charge in [-0.1, -0.05) is 27.2 Å². The second-order valence-corrected chi connectivity index (χ2v) is 6.75. The van der Waals surface area contributed by atoms with Crippen LogP contribution in [0, 0.1) is 31.6 Å². The van der Waals surface area contributed by atoms with Crippen molar-refractivity contribution in [2.45, 2.75) is 59.9 Å². The van der Waals surface area contributed by atoms with Crippen LogP contribution in [0.15, 0.2) is 12.1 Å². The van der Waals surface area contributed by atoms with Crippen LogP contribution in [0.5, 0.6) is 0 Å². The van der Waals surface area contributed by atoms with Crippen molar-refractivity contribution in [1.82, 2.24) is 10.3 Å². The first-order valence-corrected chi connectivity index (χ1v) is 8.19. The van der Waals surface area contributed by atoms with Gasteiger partial charge in [0.1, 0.15) is 0 Å². The SMILES string of the molecule is CCNC(c1cc(C)nc(C)c1)C1CCC(C)C(C)C1. The Hall–Kier alpha value is -0.890. The zero-order valence-electron chi connectivity index (χ0n) is 13.7. The molecule has 1 aromatic rings. The van der Waals surface area contributed by atoms with Crippen molar-refractivity contribution in [3.63, 3.8) is 0 Å². The van der Waals surface area contributed by atoms with Crippen molar-refractivity contribution < 1.29 is 0 Å². The van der Waals surface area contributed by atoms with E-state index in [0.717, 1.165) is 35.7 Å². The highest BCUT2D eigenvalue weighted by molar-refractivity contribution is 5.24. The van der Waals surface area contributed by atoms with Crippen LogP contribution in [0.4, 0.5) is 0 Å². The lowest BCUT2D eigenvalue weighted by atomic mass is 9.72. The molecule has 1 N–H and O–H groups in total. The van der Waals surface area contributed by atoms with Gasteiger partial charge in [0.05, 0.1) is 0 Å². The Labute approximate surface area is 124 Å². The Morgan fingerprint density at radius 2 is 1.80 bits per heavy atom. The van der Waals surface area contributed by atoms with Crippen LogP contribution < -0.4 is 5.32 Å². The fourth-order valence-corrected chi connectivity index (χ4v) is 3.71. The van der Waals surface area contributed by atoms with Gasteiger partial charge >= 0.3 is 0 Å². The molecule has 1 aliphatic carbocycles. The molecule has 20 heavy (non-hydrogen) atoms. The third-order valence-electron chi connectivity index (χ3n) is 5.00. The molecule has 1 aliphatic rings. The topological polar surface area (TPSA) is 24.9 Å². The van der Waals surface area contributed by atoms with Gasteiger partial charge in [0.25, 0.3) is 0 Å². The molecular weight excluding hydrogens is 244 g/mol. The molecular formula is C18H30N2. The Kier molecular flexibility index (Phi) is 5.20. The first-order valence-electron chi connectivity index (χ1n) is 8.19. The molecule has 1 heterocycles. The number of nitrogens with one attached hydrogen (secondary N) is 1. The Morgan fingerprint density at radius 3 is 2.35 bits per heavy atom. The van der Waals surface area contributed by atoms with E-state index in [2.05, 4.69) is 57.1 Å². The molecule has 1 saturated carbocycles. The van der Waals surface area contributed by atoms with Gasteiger partial charge < -0.3 is 5.32 Å². The van der Waals surface area contributed by atoms with Crippen molar-refractivity contribution in [1.29, 1.82) is 0 Å². The van der Waals surface area contributed by atoms with E-state index in [-0.39, 0.29) is 0 Å². The zero-order valence-corrected chi connectivity index (χ0v) is 13.7. The van der Waals surface area contributed by atoms with E-state index in [0.29, 0.717) is 6.04 Å². The van der Waals surface area contributed by atoms with Crippen molar-refractivity contribution >= 4 is 0 Å². The molecule has 0 aliphatic heterocycles. The number of hydrogen-bond donors (Lipinski definition) is 1. The molecule has 4 unspecified atom stereocenters. The summed E-state index contributed by atoms with van der Waals surface area (Å²) in [5.74, 6) is 2.50. The highest BCUT2D eigenvalue weighted by atomic mass is 14.9. The average molecular weight is 274 g/mol. The molecule has 2 heteroatoms. The molecule has 0 radical (unpaired) electrons. The molecule has 112 valence electrons. The minimum Gasteiger partial charge on any atom is -0.310 e. The lowest BCUT2D eigenvalue weighted by molar-refractivity contribution is 0.172. The lowest BCUT2D eigenvalue weighted by Crippen LogP contribution is -2.33. The summed E-state index contributed by atoms with van der Waals surface area (Å²) < 4.78 is 0. The summed E-state index contributed by atoms with van der Waals surface area (Å²) in [6, 6.07) is 5.03. The Morgan fingerprint density at radius 1 is 1.15 bits per heavy atom. The fourth-order valence-electron chi connectivity index (χ4n) is 3.71. The van der Waals surface area contributed by atoms with Crippen LogP contribution in [-0.4, -0.2) is 11.5 Å². The molecule has 2 nitrogen and oxygen atoms in total. The number of hydrogen-bond acceptors (Lipinski definition) is 2. The molecule has 4 atom stereocenters. The molecule has 1 aromatic heterocycles. The van der Waals surface area contributed by atoms with Gasteiger partial charge in [-0.2, -0.15) is 0 Å². The molecule has 0 aromatic carbocycles. The average Bonchev–Trinajstić information content (AvgIpc) is 2.38. The maximum atomic E-state index is 4.52.